The molecule has 1 atom stereocenters. The summed E-state index contributed by atoms with van der Waals surface area (Å²) in [6, 6.07) is 6.13. The third-order valence-electron chi connectivity index (χ3n) is 2.45. The van der Waals surface area contributed by atoms with Crippen LogP contribution in [0.5, 0.6) is 0 Å². The molecule has 1 aromatic carbocycles. The quantitative estimate of drug-likeness (QED) is 0.849. The highest BCUT2D eigenvalue weighted by molar-refractivity contribution is 7.89. The van der Waals surface area contributed by atoms with Gasteiger partial charge in [0.2, 0.25) is 10.0 Å². The van der Waals surface area contributed by atoms with Gasteiger partial charge in [0.25, 0.3) is 0 Å². The summed E-state index contributed by atoms with van der Waals surface area (Å²) >= 11 is 5.80. The van der Waals surface area contributed by atoms with Crippen molar-refractivity contribution < 1.29 is 8.42 Å². The smallest absolute Gasteiger partial charge is 0.241 e. The van der Waals surface area contributed by atoms with Crippen LogP contribution in [0.4, 0.5) is 0 Å². The van der Waals surface area contributed by atoms with Crippen molar-refractivity contribution in [3.05, 3.63) is 28.8 Å². The fraction of sp³-hybridized carbons (Fsp3) is 0.364. The third-order valence-corrected chi connectivity index (χ3v) is 4.23. The van der Waals surface area contributed by atoms with Gasteiger partial charge in [-0.2, -0.15) is 5.26 Å². The molecular weight excluding hydrogens is 274 g/mol. The predicted molar refractivity (Wildman–Crippen MR) is 69.9 cm³/mol. The zero-order chi connectivity index (χ0) is 13.8. The highest BCUT2D eigenvalue weighted by atomic mass is 35.5. The number of nitrogens with zero attached hydrogens (tertiary/aromatic N) is 1. The molecule has 1 unspecified atom stereocenters. The normalized spacial score (nSPS) is 13.0. The molecule has 0 amide bonds. The molecule has 0 radical (unpaired) electrons. The number of hydrogen-bond donors (Lipinski definition) is 2. The van der Waals surface area contributed by atoms with E-state index in [9.17, 15) is 8.42 Å². The van der Waals surface area contributed by atoms with Crippen LogP contribution in [0.25, 0.3) is 0 Å². The fourth-order valence-electron chi connectivity index (χ4n) is 1.25. The first kappa shape index (κ1) is 14.9. The Morgan fingerprint density at radius 1 is 1.50 bits per heavy atom. The lowest BCUT2D eigenvalue weighted by Crippen LogP contribution is -2.37. The first-order valence-corrected chi connectivity index (χ1v) is 7.14. The minimum atomic E-state index is -3.73. The van der Waals surface area contributed by atoms with E-state index in [1.54, 1.807) is 13.1 Å². The number of hydrogen-bond acceptors (Lipinski definition) is 4. The van der Waals surface area contributed by atoms with Crippen LogP contribution >= 0.6 is 11.6 Å². The number of likely N-dealkylation sites (N-methyl/N-ethyl adjacent to an activating group) is 1. The van der Waals surface area contributed by atoms with Crippen molar-refractivity contribution in [3.8, 4) is 6.07 Å². The number of sulfonamides is 1. The summed E-state index contributed by atoms with van der Waals surface area (Å²) in [6.45, 7) is 2.07. The Morgan fingerprint density at radius 2 is 2.17 bits per heavy atom. The highest BCUT2D eigenvalue weighted by Crippen LogP contribution is 2.22. The monoisotopic (exact) mass is 287 g/mol. The Hall–Kier alpha value is -1.13. The van der Waals surface area contributed by atoms with Crippen molar-refractivity contribution >= 4 is 21.6 Å². The van der Waals surface area contributed by atoms with Gasteiger partial charge in [-0.15, -0.1) is 0 Å². The largest absolute Gasteiger partial charge is 0.316 e. The van der Waals surface area contributed by atoms with Gasteiger partial charge in [-0.25, -0.2) is 13.1 Å². The maximum atomic E-state index is 12.0. The van der Waals surface area contributed by atoms with Crippen molar-refractivity contribution in [2.75, 3.05) is 13.6 Å². The number of benzene rings is 1. The van der Waals surface area contributed by atoms with E-state index >= 15 is 0 Å². The van der Waals surface area contributed by atoms with Gasteiger partial charge in [-0.3, -0.25) is 0 Å². The minimum absolute atomic E-state index is 0.00973. The van der Waals surface area contributed by atoms with E-state index in [1.165, 1.54) is 18.2 Å². The summed E-state index contributed by atoms with van der Waals surface area (Å²) in [4.78, 5) is -0.0965. The second kappa shape index (κ2) is 6.16. The van der Waals surface area contributed by atoms with E-state index in [0.29, 0.717) is 0 Å². The van der Waals surface area contributed by atoms with Crippen LogP contribution in [0.1, 0.15) is 12.5 Å². The van der Waals surface area contributed by atoms with Gasteiger partial charge >= 0.3 is 0 Å². The molecule has 7 heteroatoms. The standard InChI is InChI=1S/C11H14ClN3O2S/c1-8(14-2)7-15-18(16,17)11-5-3-4-10(12)9(11)6-13/h3-5,8,14-15H,7H2,1-2H3. The summed E-state index contributed by atoms with van der Waals surface area (Å²) in [7, 11) is -1.99. The van der Waals surface area contributed by atoms with E-state index < -0.39 is 10.0 Å². The van der Waals surface area contributed by atoms with Crippen LogP contribution in [0.3, 0.4) is 0 Å². The Labute approximate surface area is 112 Å². The molecule has 0 fully saturated rings. The van der Waals surface area contributed by atoms with Crippen LogP contribution in [-0.2, 0) is 10.0 Å². The van der Waals surface area contributed by atoms with Gasteiger partial charge in [0, 0.05) is 12.6 Å². The molecule has 0 bridgehead atoms. The van der Waals surface area contributed by atoms with Crippen LogP contribution in [0.15, 0.2) is 23.1 Å². The van der Waals surface area contributed by atoms with Crippen LogP contribution in [0.2, 0.25) is 5.02 Å². The Morgan fingerprint density at radius 3 is 2.72 bits per heavy atom. The molecule has 0 saturated heterocycles. The first-order chi connectivity index (χ1) is 8.42. The molecule has 1 aromatic rings. The average molecular weight is 288 g/mol. The first-order valence-electron chi connectivity index (χ1n) is 5.28. The molecule has 0 heterocycles. The Bertz CT molecular complexity index is 566. The third kappa shape index (κ3) is 3.43. The van der Waals surface area contributed by atoms with E-state index in [0.717, 1.165) is 0 Å². The zero-order valence-electron chi connectivity index (χ0n) is 10.1. The van der Waals surface area contributed by atoms with Crippen molar-refractivity contribution in [1.82, 2.24) is 10.0 Å². The van der Waals surface area contributed by atoms with Crippen molar-refractivity contribution in [2.45, 2.75) is 17.9 Å². The average Bonchev–Trinajstić information content (AvgIpc) is 2.35. The fourth-order valence-corrected chi connectivity index (χ4v) is 2.83. The molecule has 0 spiro atoms. The SMILES string of the molecule is CNC(C)CNS(=O)(=O)c1cccc(Cl)c1C#N. The Balaban J connectivity index is 3.07. The number of nitrogens with one attached hydrogen (secondary N) is 2. The molecule has 2 N–H and O–H groups in total. The van der Waals surface area contributed by atoms with Gasteiger partial charge in [-0.05, 0) is 26.1 Å². The van der Waals surface area contributed by atoms with Crippen LogP contribution in [-0.4, -0.2) is 28.1 Å². The predicted octanol–water partition coefficient (Wildman–Crippen LogP) is 1.10. The van der Waals surface area contributed by atoms with Gasteiger partial charge in [0.15, 0.2) is 0 Å². The van der Waals surface area contributed by atoms with Crippen molar-refractivity contribution in [1.29, 1.82) is 5.26 Å². The summed E-state index contributed by atoms with van der Waals surface area (Å²) < 4.78 is 26.5. The maximum absolute atomic E-state index is 12.0. The van der Waals surface area contributed by atoms with E-state index in [1.807, 2.05) is 6.92 Å². The molecular formula is C11H14ClN3O2S. The topological polar surface area (TPSA) is 82.0 Å². The highest BCUT2D eigenvalue weighted by Gasteiger charge is 2.20. The lowest BCUT2D eigenvalue weighted by atomic mass is 10.2. The van der Waals surface area contributed by atoms with Crippen LogP contribution < -0.4 is 10.0 Å². The molecule has 0 aliphatic rings. The summed E-state index contributed by atoms with van der Waals surface area (Å²) in [5.41, 5.74) is -0.0382. The zero-order valence-corrected chi connectivity index (χ0v) is 11.6. The molecule has 1 rings (SSSR count). The van der Waals surface area contributed by atoms with Crippen molar-refractivity contribution in [2.24, 2.45) is 0 Å². The van der Waals surface area contributed by atoms with Gasteiger partial charge in [-0.1, -0.05) is 17.7 Å². The van der Waals surface area contributed by atoms with E-state index in [4.69, 9.17) is 16.9 Å². The molecule has 98 valence electrons. The molecule has 18 heavy (non-hydrogen) atoms. The second-order valence-electron chi connectivity index (χ2n) is 3.77. The summed E-state index contributed by atoms with van der Waals surface area (Å²) in [6.07, 6.45) is 0. The summed E-state index contributed by atoms with van der Waals surface area (Å²) in [5, 5.41) is 12.0. The lowest BCUT2D eigenvalue weighted by Gasteiger charge is -2.12. The Kier molecular flexibility index (Phi) is 5.11. The molecule has 0 aliphatic heterocycles. The van der Waals surface area contributed by atoms with E-state index in [2.05, 4.69) is 10.0 Å². The van der Waals surface area contributed by atoms with Crippen LogP contribution in [0, 0.1) is 11.3 Å². The van der Waals surface area contributed by atoms with Crippen molar-refractivity contribution in [3.63, 3.8) is 0 Å². The number of nitriles is 1. The molecule has 5 nitrogen and oxygen atoms in total. The molecule has 0 aromatic heterocycles. The summed E-state index contributed by atoms with van der Waals surface area (Å²) in [5.74, 6) is 0. The van der Waals surface area contributed by atoms with Gasteiger partial charge < -0.3 is 5.32 Å². The number of rotatable bonds is 5. The minimum Gasteiger partial charge on any atom is -0.316 e. The maximum Gasteiger partial charge on any atom is 0.241 e. The molecule has 0 saturated carbocycles. The molecule has 0 aliphatic carbocycles. The van der Waals surface area contributed by atoms with E-state index in [-0.39, 0.29) is 28.1 Å². The number of halogens is 1. The van der Waals surface area contributed by atoms with Gasteiger partial charge in [0.05, 0.1) is 10.6 Å². The second-order valence-corrected chi connectivity index (χ2v) is 5.91. The van der Waals surface area contributed by atoms with Gasteiger partial charge in [0.1, 0.15) is 11.0 Å². The lowest BCUT2D eigenvalue weighted by molar-refractivity contribution is 0.554.